The van der Waals surface area contributed by atoms with Gasteiger partial charge in [-0.1, -0.05) is 36.8 Å². The molecule has 3 atom stereocenters. The predicted molar refractivity (Wildman–Crippen MR) is 99.0 cm³/mol. The van der Waals surface area contributed by atoms with Crippen LogP contribution in [0.2, 0.25) is 0 Å². The van der Waals surface area contributed by atoms with Crippen molar-refractivity contribution < 1.29 is 14.5 Å². The highest BCUT2D eigenvalue weighted by Crippen LogP contribution is 2.43. The summed E-state index contributed by atoms with van der Waals surface area (Å²) in [4.78, 5) is 26.2. The van der Waals surface area contributed by atoms with Gasteiger partial charge < -0.3 is 4.74 Å². The van der Waals surface area contributed by atoms with E-state index in [2.05, 4.69) is 0 Å². The van der Waals surface area contributed by atoms with Gasteiger partial charge in [-0.2, -0.15) is 0 Å². The van der Waals surface area contributed by atoms with Gasteiger partial charge in [0.15, 0.2) is 0 Å². The lowest BCUT2D eigenvalue weighted by atomic mass is 9.91. The second kappa shape index (κ2) is 7.15. The molecule has 2 aromatic rings. The number of amides is 1. The largest absolute Gasteiger partial charge is 0.497 e. The van der Waals surface area contributed by atoms with Crippen LogP contribution in [0.1, 0.15) is 30.5 Å². The number of hydrogen-bond donors (Lipinski definition) is 0. The first kappa shape index (κ1) is 17.9. The Hall–Kier alpha value is -2.89. The van der Waals surface area contributed by atoms with E-state index >= 15 is 0 Å². The van der Waals surface area contributed by atoms with Crippen LogP contribution >= 0.6 is 0 Å². The molecule has 0 aromatic heterocycles. The molecule has 1 amide bonds. The smallest absolute Gasteiger partial charge is 0.249 e. The fourth-order valence-corrected chi connectivity index (χ4v) is 3.74. The second-order valence-corrected chi connectivity index (χ2v) is 6.56. The minimum absolute atomic E-state index is 0.203. The standard InChI is InChI=1S/C20H22N2O4/c1-4-17-19(22(24)25)18(14-7-5-6-13(2)12-14)21(20(17)23)15-8-10-16(26-3)11-9-15/h5-12,17-19H,4H2,1-3H3/t17-,18+,19-/m0/s1. The van der Waals surface area contributed by atoms with Gasteiger partial charge in [0.1, 0.15) is 17.7 Å². The molecule has 0 bridgehead atoms. The lowest BCUT2D eigenvalue weighted by Crippen LogP contribution is -2.33. The molecule has 136 valence electrons. The molecule has 1 saturated heterocycles. The van der Waals surface area contributed by atoms with Crippen molar-refractivity contribution in [1.82, 2.24) is 0 Å². The molecule has 6 nitrogen and oxygen atoms in total. The van der Waals surface area contributed by atoms with E-state index in [0.717, 1.165) is 11.1 Å². The topological polar surface area (TPSA) is 72.7 Å². The molecule has 0 spiro atoms. The molecule has 0 N–H and O–H groups in total. The highest BCUT2D eigenvalue weighted by molar-refractivity contribution is 5.99. The van der Waals surface area contributed by atoms with Gasteiger partial charge in [-0.05, 0) is 43.2 Å². The van der Waals surface area contributed by atoms with Gasteiger partial charge in [0.2, 0.25) is 11.9 Å². The monoisotopic (exact) mass is 354 g/mol. The normalized spacial score (nSPS) is 22.5. The summed E-state index contributed by atoms with van der Waals surface area (Å²) in [6.45, 7) is 3.76. The SMILES string of the molecule is CC[C@@H]1C(=O)N(c2ccc(OC)cc2)[C@H](c2cccc(C)c2)[C@H]1[N+](=O)[O-]. The Balaban J connectivity index is 2.14. The second-order valence-electron chi connectivity index (χ2n) is 6.56. The lowest BCUT2D eigenvalue weighted by Gasteiger charge is -2.25. The highest BCUT2D eigenvalue weighted by Gasteiger charge is 2.55. The first-order valence-electron chi connectivity index (χ1n) is 8.65. The number of methoxy groups -OCH3 is 1. The quantitative estimate of drug-likeness (QED) is 0.605. The van der Waals surface area contributed by atoms with Crippen LogP contribution in [0, 0.1) is 23.0 Å². The van der Waals surface area contributed by atoms with Crippen molar-refractivity contribution in [3.8, 4) is 5.75 Å². The number of rotatable bonds is 5. The Morgan fingerprint density at radius 1 is 1.19 bits per heavy atom. The summed E-state index contributed by atoms with van der Waals surface area (Å²) in [5.74, 6) is -0.172. The number of carbonyl (C=O) groups excluding carboxylic acids is 1. The van der Waals surface area contributed by atoms with Crippen molar-refractivity contribution in [1.29, 1.82) is 0 Å². The molecule has 3 rings (SSSR count). The molecule has 1 aliphatic rings. The van der Waals surface area contributed by atoms with Gasteiger partial charge in [0.05, 0.1) is 7.11 Å². The number of hydrogen-bond acceptors (Lipinski definition) is 4. The van der Waals surface area contributed by atoms with Crippen LogP contribution < -0.4 is 9.64 Å². The maximum absolute atomic E-state index is 13.1. The van der Waals surface area contributed by atoms with Crippen molar-refractivity contribution in [2.75, 3.05) is 12.0 Å². The van der Waals surface area contributed by atoms with E-state index in [9.17, 15) is 14.9 Å². The van der Waals surface area contributed by atoms with Gasteiger partial charge in [-0.15, -0.1) is 0 Å². The van der Waals surface area contributed by atoms with Gasteiger partial charge in [-0.3, -0.25) is 19.8 Å². The number of nitrogens with zero attached hydrogens (tertiary/aromatic N) is 2. The molecular formula is C20H22N2O4. The average Bonchev–Trinajstić information content (AvgIpc) is 2.94. The summed E-state index contributed by atoms with van der Waals surface area (Å²) in [5, 5.41) is 11.9. The molecule has 0 unspecified atom stereocenters. The van der Waals surface area contributed by atoms with Gasteiger partial charge in [0.25, 0.3) is 0 Å². The molecule has 1 aliphatic heterocycles. The number of ether oxygens (including phenoxy) is 1. The van der Waals surface area contributed by atoms with E-state index in [1.54, 1.807) is 36.3 Å². The first-order valence-corrected chi connectivity index (χ1v) is 8.65. The zero-order valence-electron chi connectivity index (χ0n) is 15.1. The van der Waals surface area contributed by atoms with E-state index in [-0.39, 0.29) is 10.8 Å². The fraction of sp³-hybridized carbons (Fsp3) is 0.350. The van der Waals surface area contributed by atoms with Crippen molar-refractivity contribution >= 4 is 11.6 Å². The molecule has 2 aromatic carbocycles. The van der Waals surface area contributed by atoms with Crippen molar-refractivity contribution in [3.05, 3.63) is 69.8 Å². The van der Waals surface area contributed by atoms with E-state index < -0.39 is 18.0 Å². The molecule has 6 heteroatoms. The van der Waals surface area contributed by atoms with E-state index in [1.807, 2.05) is 38.1 Å². The Morgan fingerprint density at radius 2 is 1.88 bits per heavy atom. The maximum Gasteiger partial charge on any atom is 0.249 e. The number of aryl methyl sites for hydroxylation is 1. The summed E-state index contributed by atoms with van der Waals surface area (Å²) in [6, 6.07) is 13.1. The molecule has 0 radical (unpaired) electrons. The minimum atomic E-state index is -0.976. The molecule has 0 aliphatic carbocycles. The van der Waals surface area contributed by atoms with Crippen LogP contribution in [-0.4, -0.2) is 24.0 Å². The third kappa shape index (κ3) is 3.03. The van der Waals surface area contributed by atoms with E-state index in [1.165, 1.54) is 0 Å². The Morgan fingerprint density at radius 3 is 2.42 bits per heavy atom. The summed E-state index contributed by atoms with van der Waals surface area (Å²) in [5.41, 5.74) is 2.43. The zero-order valence-corrected chi connectivity index (χ0v) is 15.1. The summed E-state index contributed by atoms with van der Waals surface area (Å²) in [7, 11) is 1.57. The predicted octanol–water partition coefficient (Wildman–Crippen LogP) is 3.76. The maximum atomic E-state index is 13.1. The van der Waals surface area contributed by atoms with E-state index in [4.69, 9.17) is 4.74 Å². The number of benzene rings is 2. The molecular weight excluding hydrogens is 332 g/mol. The summed E-state index contributed by atoms with van der Waals surface area (Å²) < 4.78 is 5.18. The molecule has 1 heterocycles. The van der Waals surface area contributed by atoms with Crippen LogP contribution in [0.25, 0.3) is 0 Å². The zero-order chi connectivity index (χ0) is 18.8. The van der Waals surface area contributed by atoms with Gasteiger partial charge >= 0.3 is 0 Å². The molecule has 1 fully saturated rings. The summed E-state index contributed by atoms with van der Waals surface area (Å²) >= 11 is 0. The van der Waals surface area contributed by atoms with Gasteiger partial charge in [0, 0.05) is 10.6 Å². The van der Waals surface area contributed by atoms with Crippen molar-refractivity contribution in [3.63, 3.8) is 0 Å². The highest BCUT2D eigenvalue weighted by atomic mass is 16.6. The van der Waals surface area contributed by atoms with Crippen molar-refractivity contribution in [2.45, 2.75) is 32.4 Å². The lowest BCUT2D eigenvalue weighted by molar-refractivity contribution is -0.530. The third-order valence-electron chi connectivity index (χ3n) is 4.99. The van der Waals surface area contributed by atoms with E-state index in [0.29, 0.717) is 17.9 Å². The minimum Gasteiger partial charge on any atom is -0.497 e. The number of nitro groups is 1. The number of anilines is 1. The van der Waals surface area contributed by atoms with Crippen LogP contribution in [0.5, 0.6) is 5.75 Å². The van der Waals surface area contributed by atoms with Gasteiger partial charge in [-0.25, -0.2) is 0 Å². The van der Waals surface area contributed by atoms with Crippen molar-refractivity contribution in [2.24, 2.45) is 5.92 Å². The molecule has 0 saturated carbocycles. The first-order chi connectivity index (χ1) is 12.5. The summed E-state index contributed by atoms with van der Waals surface area (Å²) in [6.07, 6.45) is 0.430. The fourth-order valence-electron chi connectivity index (χ4n) is 3.74. The average molecular weight is 354 g/mol. The number of carbonyl (C=O) groups is 1. The van der Waals surface area contributed by atoms with Crippen LogP contribution in [-0.2, 0) is 4.79 Å². The van der Waals surface area contributed by atoms with Crippen LogP contribution in [0.15, 0.2) is 48.5 Å². The Bertz CT molecular complexity index is 819. The third-order valence-corrected chi connectivity index (χ3v) is 4.99. The Labute approximate surface area is 152 Å². The van der Waals surface area contributed by atoms with Crippen LogP contribution in [0.3, 0.4) is 0 Å². The van der Waals surface area contributed by atoms with Crippen LogP contribution in [0.4, 0.5) is 5.69 Å². The molecule has 26 heavy (non-hydrogen) atoms. The Kier molecular flexibility index (Phi) is 4.93.